The van der Waals surface area contributed by atoms with Crippen LogP contribution < -0.4 is 0 Å². The summed E-state index contributed by atoms with van der Waals surface area (Å²) in [7, 11) is 1.56. The quantitative estimate of drug-likeness (QED) is 0.321. The minimum Gasteiger partial charge on any atom is -0.461 e. The van der Waals surface area contributed by atoms with Crippen molar-refractivity contribution in [2.45, 2.75) is 19.4 Å². The van der Waals surface area contributed by atoms with Crippen LogP contribution >= 0.6 is 0 Å². The number of esters is 1. The molecule has 0 saturated heterocycles. The molecule has 0 aromatic heterocycles. The first kappa shape index (κ1) is 14.1. The van der Waals surface area contributed by atoms with Gasteiger partial charge < -0.3 is 9.47 Å². The first-order chi connectivity index (χ1) is 8.63. The molecule has 1 aromatic rings. The molecule has 0 heterocycles. The van der Waals surface area contributed by atoms with Gasteiger partial charge in [0.15, 0.2) is 0 Å². The van der Waals surface area contributed by atoms with Crippen LogP contribution in [0.25, 0.3) is 0 Å². The molecule has 0 aliphatic heterocycles. The molecule has 1 aromatic carbocycles. The molecule has 0 atom stereocenters. The molecule has 0 saturated carbocycles. The minimum absolute atomic E-state index is 0.0112. The normalized spacial score (nSPS) is 10.1. The van der Waals surface area contributed by atoms with Crippen LogP contribution in [-0.4, -0.2) is 24.6 Å². The molecule has 98 valence electrons. The molecule has 0 fully saturated rings. The zero-order valence-electron chi connectivity index (χ0n) is 10.1. The van der Waals surface area contributed by atoms with E-state index in [1.807, 2.05) is 0 Å². The van der Waals surface area contributed by atoms with E-state index in [0.29, 0.717) is 18.6 Å². The van der Waals surface area contributed by atoms with Gasteiger partial charge in [0, 0.05) is 32.3 Å². The summed E-state index contributed by atoms with van der Waals surface area (Å²) in [4.78, 5) is 21.4. The van der Waals surface area contributed by atoms with Gasteiger partial charge in [-0.3, -0.25) is 14.9 Å². The maximum atomic E-state index is 11.3. The maximum Gasteiger partial charge on any atom is 0.306 e. The summed E-state index contributed by atoms with van der Waals surface area (Å²) in [5.41, 5.74) is 0.590. The second-order valence-corrected chi connectivity index (χ2v) is 3.68. The third-order valence-corrected chi connectivity index (χ3v) is 2.25. The van der Waals surface area contributed by atoms with Crippen molar-refractivity contribution in [3.05, 3.63) is 39.9 Å². The van der Waals surface area contributed by atoms with E-state index in [1.165, 1.54) is 12.1 Å². The van der Waals surface area contributed by atoms with Crippen molar-refractivity contribution in [1.29, 1.82) is 0 Å². The summed E-state index contributed by atoms with van der Waals surface area (Å²) in [6.45, 7) is 0.555. The summed E-state index contributed by atoms with van der Waals surface area (Å²) in [5.74, 6) is -0.335. The van der Waals surface area contributed by atoms with Crippen LogP contribution in [0.2, 0.25) is 0 Å². The van der Waals surface area contributed by atoms with Crippen molar-refractivity contribution in [3.63, 3.8) is 0 Å². The van der Waals surface area contributed by atoms with Gasteiger partial charge in [0.2, 0.25) is 0 Å². The monoisotopic (exact) mass is 253 g/mol. The third kappa shape index (κ3) is 4.92. The fraction of sp³-hybridized carbons (Fsp3) is 0.417. The second-order valence-electron chi connectivity index (χ2n) is 3.68. The second kappa shape index (κ2) is 7.39. The Labute approximate surface area is 105 Å². The van der Waals surface area contributed by atoms with Gasteiger partial charge in [-0.15, -0.1) is 0 Å². The zero-order valence-corrected chi connectivity index (χ0v) is 10.1. The predicted octanol–water partition coefficient (Wildman–Crippen LogP) is 2.06. The smallest absolute Gasteiger partial charge is 0.306 e. The number of carbonyl (C=O) groups is 1. The van der Waals surface area contributed by atoms with Crippen molar-refractivity contribution in [1.82, 2.24) is 0 Å². The van der Waals surface area contributed by atoms with Crippen molar-refractivity contribution < 1.29 is 19.2 Å². The number of nitro groups is 1. The Hall–Kier alpha value is -1.95. The highest BCUT2D eigenvalue weighted by atomic mass is 16.6. The molecule has 18 heavy (non-hydrogen) atoms. The molecule has 0 bridgehead atoms. The number of hydrogen-bond donors (Lipinski definition) is 0. The highest BCUT2D eigenvalue weighted by Crippen LogP contribution is 2.14. The fourth-order valence-electron chi connectivity index (χ4n) is 1.36. The lowest BCUT2D eigenvalue weighted by Crippen LogP contribution is -2.06. The number of hydrogen-bond acceptors (Lipinski definition) is 5. The standard InChI is InChI=1S/C12H15NO5/c1-17-7-3-6-12(14)18-9-10-4-2-5-11(8-10)13(15)16/h2,4-5,8H,3,6-7,9H2,1H3. The van der Waals surface area contributed by atoms with E-state index in [1.54, 1.807) is 19.2 Å². The van der Waals surface area contributed by atoms with Gasteiger partial charge in [-0.1, -0.05) is 12.1 Å². The molecule has 6 heteroatoms. The maximum absolute atomic E-state index is 11.3. The number of non-ortho nitro benzene ring substituents is 1. The van der Waals surface area contributed by atoms with Gasteiger partial charge >= 0.3 is 5.97 Å². The van der Waals surface area contributed by atoms with Gasteiger partial charge in [-0.25, -0.2) is 0 Å². The Kier molecular flexibility index (Phi) is 5.79. The molecular formula is C12H15NO5. The van der Waals surface area contributed by atoms with Crippen LogP contribution in [0.1, 0.15) is 18.4 Å². The summed E-state index contributed by atoms with van der Waals surface area (Å²) in [6.07, 6.45) is 0.882. The summed E-state index contributed by atoms with van der Waals surface area (Å²) in [6, 6.07) is 6.02. The van der Waals surface area contributed by atoms with Crippen molar-refractivity contribution >= 4 is 11.7 Å². The van der Waals surface area contributed by atoms with Crippen molar-refractivity contribution in [3.8, 4) is 0 Å². The summed E-state index contributed by atoms with van der Waals surface area (Å²) < 4.78 is 9.81. The summed E-state index contributed by atoms with van der Waals surface area (Å²) >= 11 is 0. The van der Waals surface area contributed by atoms with Gasteiger partial charge in [0.1, 0.15) is 6.61 Å². The lowest BCUT2D eigenvalue weighted by Gasteiger charge is -2.04. The minimum atomic E-state index is -0.482. The largest absolute Gasteiger partial charge is 0.461 e. The van der Waals surface area contributed by atoms with Gasteiger partial charge in [0.25, 0.3) is 5.69 Å². The van der Waals surface area contributed by atoms with Crippen molar-refractivity contribution in [2.24, 2.45) is 0 Å². The predicted molar refractivity (Wildman–Crippen MR) is 64.0 cm³/mol. The van der Waals surface area contributed by atoms with E-state index in [4.69, 9.17) is 9.47 Å². The van der Waals surface area contributed by atoms with Crippen LogP contribution in [0.4, 0.5) is 5.69 Å². The average Bonchev–Trinajstić information content (AvgIpc) is 2.37. The van der Waals surface area contributed by atoms with E-state index in [0.717, 1.165) is 0 Å². The highest BCUT2D eigenvalue weighted by molar-refractivity contribution is 5.69. The zero-order chi connectivity index (χ0) is 13.4. The first-order valence-electron chi connectivity index (χ1n) is 5.51. The molecule has 0 radical (unpaired) electrons. The Morgan fingerprint density at radius 1 is 1.44 bits per heavy atom. The van der Waals surface area contributed by atoms with Crippen LogP contribution in [0.5, 0.6) is 0 Å². The Balaban J connectivity index is 2.41. The molecule has 0 amide bonds. The topological polar surface area (TPSA) is 78.7 Å². The van der Waals surface area contributed by atoms with E-state index in [9.17, 15) is 14.9 Å². The molecule has 6 nitrogen and oxygen atoms in total. The number of benzene rings is 1. The van der Waals surface area contributed by atoms with Crippen LogP contribution in [0, 0.1) is 10.1 Å². The van der Waals surface area contributed by atoms with E-state index < -0.39 is 4.92 Å². The van der Waals surface area contributed by atoms with Crippen LogP contribution in [0.15, 0.2) is 24.3 Å². The Bertz CT molecular complexity index is 419. The fourth-order valence-corrected chi connectivity index (χ4v) is 1.36. The lowest BCUT2D eigenvalue weighted by molar-refractivity contribution is -0.384. The Morgan fingerprint density at radius 3 is 2.89 bits per heavy atom. The molecule has 0 aliphatic carbocycles. The van der Waals surface area contributed by atoms with Gasteiger partial charge in [-0.2, -0.15) is 0 Å². The van der Waals surface area contributed by atoms with E-state index in [2.05, 4.69) is 0 Å². The van der Waals surface area contributed by atoms with E-state index >= 15 is 0 Å². The molecule has 0 N–H and O–H groups in total. The third-order valence-electron chi connectivity index (χ3n) is 2.25. The summed E-state index contributed by atoms with van der Waals surface area (Å²) in [5, 5.41) is 10.5. The first-order valence-corrected chi connectivity index (χ1v) is 5.51. The van der Waals surface area contributed by atoms with Crippen molar-refractivity contribution in [2.75, 3.05) is 13.7 Å². The van der Waals surface area contributed by atoms with Crippen LogP contribution in [-0.2, 0) is 20.9 Å². The number of rotatable bonds is 7. The molecule has 0 spiro atoms. The average molecular weight is 253 g/mol. The van der Waals surface area contributed by atoms with Crippen LogP contribution in [0.3, 0.4) is 0 Å². The number of ether oxygens (including phenoxy) is 2. The van der Waals surface area contributed by atoms with Gasteiger partial charge in [-0.05, 0) is 12.0 Å². The molecule has 0 aliphatic rings. The molecule has 1 rings (SSSR count). The van der Waals surface area contributed by atoms with E-state index in [-0.39, 0.29) is 24.7 Å². The molecular weight excluding hydrogens is 238 g/mol. The lowest BCUT2D eigenvalue weighted by atomic mass is 10.2. The number of nitrogens with zero attached hydrogens (tertiary/aromatic N) is 1. The van der Waals surface area contributed by atoms with Gasteiger partial charge in [0.05, 0.1) is 4.92 Å². The number of methoxy groups -OCH3 is 1. The highest BCUT2D eigenvalue weighted by Gasteiger charge is 2.07. The SMILES string of the molecule is COCCCC(=O)OCc1cccc([N+](=O)[O-])c1. The Morgan fingerprint density at radius 2 is 2.22 bits per heavy atom. The number of nitro benzene ring substituents is 1. The molecule has 0 unspecified atom stereocenters. The number of carbonyl (C=O) groups excluding carboxylic acids is 1.